The number of nitrogens with zero attached hydrogens (tertiary/aromatic N) is 3. The summed E-state index contributed by atoms with van der Waals surface area (Å²) in [5.74, 6) is 0.918. The van der Waals surface area contributed by atoms with Gasteiger partial charge in [0.1, 0.15) is 0 Å². The molecule has 1 aromatic heterocycles. The average molecular weight is 351 g/mol. The summed E-state index contributed by atoms with van der Waals surface area (Å²) < 4.78 is 1.95. The molecule has 0 aliphatic rings. The standard InChI is InChI=1S/C20H21N3OS/c1-13-9-11-16(12-10-13)18(24)15(3)25-20-22-21-19(23(20)4)17-8-6-5-7-14(17)2/h5-12,15H,1-4H3/t15-/m0/s1. The van der Waals surface area contributed by atoms with E-state index in [0.717, 1.165) is 33.2 Å². The van der Waals surface area contributed by atoms with E-state index < -0.39 is 0 Å². The van der Waals surface area contributed by atoms with Crippen molar-refractivity contribution in [2.24, 2.45) is 7.05 Å². The first-order valence-electron chi connectivity index (χ1n) is 8.20. The molecule has 128 valence electrons. The fourth-order valence-corrected chi connectivity index (χ4v) is 3.53. The molecule has 5 heteroatoms. The summed E-state index contributed by atoms with van der Waals surface area (Å²) >= 11 is 1.44. The Morgan fingerprint density at radius 3 is 2.40 bits per heavy atom. The van der Waals surface area contributed by atoms with E-state index in [2.05, 4.69) is 23.2 Å². The third-order valence-electron chi connectivity index (χ3n) is 4.21. The summed E-state index contributed by atoms with van der Waals surface area (Å²) in [6.45, 7) is 5.98. The van der Waals surface area contributed by atoms with Gasteiger partial charge in [0.05, 0.1) is 5.25 Å². The number of carbonyl (C=O) groups is 1. The van der Waals surface area contributed by atoms with E-state index in [1.165, 1.54) is 11.8 Å². The second kappa shape index (κ2) is 7.23. The van der Waals surface area contributed by atoms with Crippen molar-refractivity contribution in [2.45, 2.75) is 31.2 Å². The molecule has 0 saturated carbocycles. The van der Waals surface area contributed by atoms with Crippen molar-refractivity contribution in [3.8, 4) is 11.4 Å². The van der Waals surface area contributed by atoms with Gasteiger partial charge in [0.25, 0.3) is 0 Å². The van der Waals surface area contributed by atoms with Crippen LogP contribution < -0.4 is 0 Å². The number of ketones is 1. The highest BCUT2D eigenvalue weighted by Crippen LogP contribution is 2.28. The third-order valence-corrected chi connectivity index (χ3v) is 5.34. The molecule has 0 N–H and O–H groups in total. The third kappa shape index (κ3) is 3.66. The number of rotatable bonds is 5. The minimum atomic E-state index is -0.227. The number of carbonyl (C=O) groups excluding carboxylic acids is 1. The van der Waals surface area contributed by atoms with Crippen LogP contribution in [-0.4, -0.2) is 25.8 Å². The maximum Gasteiger partial charge on any atom is 0.191 e. The lowest BCUT2D eigenvalue weighted by Gasteiger charge is -2.11. The van der Waals surface area contributed by atoms with Gasteiger partial charge in [-0.15, -0.1) is 10.2 Å². The molecule has 1 heterocycles. The van der Waals surface area contributed by atoms with Crippen LogP contribution >= 0.6 is 11.8 Å². The van der Waals surface area contributed by atoms with Gasteiger partial charge in [0.2, 0.25) is 0 Å². The maximum atomic E-state index is 12.6. The van der Waals surface area contributed by atoms with Crippen molar-refractivity contribution < 1.29 is 4.79 Å². The molecule has 0 bridgehead atoms. The first kappa shape index (κ1) is 17.4. The van der Waals surface area contributed by atoms with Crippen molar-refractivity contribution in [3.63, 3.8) is 0 Å². The number of Topliss-reactive ketones (excluding diaryl/α,β-unsaturated/α-hetero) is 1. The quantitative estimate of drug-likeness (QED) is 0.503. The Morgan fingerprint density at radius 1 is 1.04 bits per heavy atom. The Morgan fingerprint density at radius 2 is 1.72 bits per heavy atom. The van der Waals surface area contributed by atoms with Crippen LogP contribution in [0, 0.1) is 13.8 Å². The van der Waals surface area contributed by atoms with Crippen LogP contribution in [0.2, 0.25) is 0 Å². The highest BCUT2D eigenvalue weighted by atomic mass is 32.2. The van der Waals surface area contributed by atoms with Crippen LogP contribution in [0.1, 0.15) is 28.4 Å². The fraction of sp³-hybridized carbons (Fsp3) is 0.250. The SMILES string of the molecule is Cc1ccc(C(=O)[C@H](C)Sc2nnc(-c3ccccc3C)n2C)cc1. The van der Waals surface area contributed by atoms with E-state index in [4.69, 9.17) is 0 Å². The Bertz CT molecular complexity index is 900. The summed E-state index contributed by atoms with van der Waals surface area (Å²) in [4.78, 5) is 12.6. The van der Waals surface area contributed by atoms with Gasteiger partial charge in [-0.1, -0.05) is 65.9 Å². The molecule has 0 saturated heterocycles. The van der Waals surface area contributed by atoms with E-state index in [9.17, 15) is 4.79 Å². The topological polar surface area (TPSA) is 47.8 Å². The van der Waals surface area contributed by atoms with E-state index >= 15 is 0 Å². The zero-order valence-corrected chi connectivity index (χ0v) is 15.7. The summed E-state index contributed by atoms with van der Waals surface area (Å²) in [7, 11) is 1.94. The van der Waals surface area contributed by atoms with E-state index in [-0.39, 0.29) is 11.0 Å². The minimum Gasteiger partial charge on any atom is -0.305 e. The largest absolute Gasteiger partial charge is 0.305 e. The monoisotopic (exact) mass is 351 g/mol. The van der Waals surface area contributed by atoms with Crippen molar-refractivity contribution in [1.82, 2.24) is 14.8 Å². The number of aromatic nitrogens is 3. The normalized spacial score (nSPS) is 12.2. The van der Waals surface area contributed by atoms with Crippen molar-refractivity contribution in [3.05, 3.63) is 65.2 Å². The molecule has 0 aliphatic heterocycles. The van der Waals surface area contributed by atoms with Gasteiger partial charge >= 0.3 is 0 Å². The lowest BCUT2D eigenvalue weighted by atomic mass is 10.1. The Labute approximate surface area is 152 Å². The number of thioether (sulfide) groups is 1. The second-order valence-corrected chi connectivity index (χ2v) is 7.48. The molecule has 0 amide bonds. The molecule has 3 rings (SSSR count). The molecule has 2 aromatic carbocycles. The second-order valence-electron chi connectivity index (χ2n) is 6.17. The molecule has 25 heavy (non-hydrogen) atoms. The molecule has 0 aliphatic carbocycles. The highest BCUT2D eigenvalue weighted by Gasteiger charge is 2.20. The first-order valence-corrected chi connectivity index (χ1v) is 9.08. The Balaban J connectivity index is 1.81. The van der Waals surface area contributed by atoms with Crippen LogP contribution in [0.25, 0.3) is 11.4 Å². The average Bonchev–Trinajstić information content (AvgIpc) is 2.96. The number of hydrogen-bond acceptors (Lipinski definition) is 4. The van der Waals surface area contributed by atoms with Gasteiger partial charge in [-0.25, -0.2) is 0 Å². The van der Waals surface area contributed by atoms with Crippen LogP contribution in [0.15, 0.2) is 53.7 Å². The predicted molar refractivity (Wildman–Crippen MR) is 102 cm³/mol. The van der Waals surface area contributed by atoms with Gasteiger partial charge in [0, 0.05) is 18.2 Å². The van der Waals surface area contributed by atoms with Crippen LogP contribution in [-0.2, 0) is 7.05 Å². The van der Waals surface area contributed by atoms with Crippen LogP contribution in [0.3, 0.4) is 0 Å². The van der Waals surface area contributed by atoms with Gasteiger partial charge in [0.15, 0.2) is 16.8 Å². The molecule has 3 aromatic rings. The summed E-state index contributed by atoms with van der Waals surface area (Å²) in [5, 5.41) is 9.13. The Kier molecular flexibility index (Phi) is 5.04. The van der Waals surface area contributed by atoms with Gasteiger partial charge in [-0.2, -0.15) is 0 Å². The molecule has 0 fully saturated rings. The van der Waals surface area contributed by atoms with Crippen molar-refractivity contribution in [1.29, 1.82) is 0 Å². The smallest absolute Gasteiger partial charge is 0.191 e. The van der Waals surface area contributed by atoms with E-state index in [1.54, 1.807) is 0 Å². The molecular weight excluding hydrogens is 330 g/mol. The molecule has 0 radical (unpaired) electrons. The first-order chi connectivity index (χ1) is 12.0. The van der Waals surface area contributed by atoms with E-state index in [1.807, 2.05) is 67.9 Å². The fourth-order valence-electron chi connectivity index (χ4n) is 2.64. The Hall–Kier alpha value is -2.40. The van der Waals surface area contributed by atoms with Gasteiger partial charge in [-0.05, 0) is 26.3 Å². The van der Waals surface area contributed by atoms with Crippen molar-refractivity contribution >= 4 is 17.5 Å². The molecule has 4 nitrogen and oxygen atoms in total. The summed E-state index contributed by atoms with van der Waals surface area (Å²) in [6, 6.07) is 15.8. The van der Waals surface area contributed by atoms with Gasteiger partial charge in [-0.3, -0.25) is 4.79 Å². The molecular formula is C20H21N3OS. The summed E-state index contributed by atoms with van der Waals surface area (Å²) in [5.41, 5.74) is 4.08. The molecule has 1 atom stereocenters. The highest BCUT2D eigenvalue weighted by molar-refractivity contribution is 8.00. The lowest BCUT2D eigenvalue weighted by Crippen LogP contribution is -2.14. The minimum absolute atomic E-state index is 0.102. The summed E-state index contributed by atoms with van der Waals surface area (Å²) in [6.07, 6.45) is 0. The zero-order valence-electron chi connectivity index (χ0n) is 14.9. The molecule has 0 spiro atoms. The lowest BCUT2D eigenvalue weighted by molar-refractivity contribution is 0.0994. The zero-order chi connectivity index (χ0) is 18.0. The number of benzene rings is 2. The van der Waals surface area contributed by atoms with Crippen molar-refractivity contribution in [2.75, 3.05) is 0 Å². The predicted octanol–water partition coefficient (Wildman–Crippen LogP) is 4.46. The maximum absolute atomic E-state index is 12.6. The van der Waals surface area contributed by atoms with Crippen LogP contribution in [0.5, 0.6) is 0 Å². The number of aryl methyl sites for hydroxylation is 2. The molecule has 0 unspecified atom stereocenters. The van der Waals surface area contributed by atoms with Gasteiger partial charge < -0.3 is 4.57 Å². The van der Waals surface area contributed by atoms with Crippen LogP contribution in [0.4, 0.5) is 0 Å². The number of hydrogen-bond donors (Lipinski definition) is 0. The van der Waals surface area contributed by atoms with E-state index in [0.29, 0.717) is 0 Å².